The highest BCUT2D eigenvalue weighted by Crippen LogP contribution is 2.34. The van der Waals surface area contributed by atoms with E-state index in [4.69, 9.17) is 27.6 Å². The Bertz CT molecular complexity index is 759. The maximum Gasteiger partial charge on any atom is 0.287 e. The van der Waals surface area contributed by atoms with Crippen molar-refractivity contribution in [2.75, 3.05) is 0 Å². The first kappa shape index (κ1) is 15.1. The van der Waals surface area contributed by atoms with Gasteiger partial charge in [-0.05, 0) is 43.5 Å². The number of rotatable bonds is 3. The molecule has 2 bridgehead atoms. The SMILES string of the molecule is O=C(NC1CC2CCC1N2)c1ccc(-c2cccc(Cl)c2Cl)o1. The molecule has 2 N–H and O–H groups in total. The molecule has 4 rings (SSSR count). The van der Waals surface area contributed by atoms with Crippen molar-refractivity contribution >= 4 is 29.1 Å². The van der Waals surface area contributed by atoms with Crippen molar-refractivity contribution < 1.29 is 9.21 Å². The quantitative estimate of drug-likeness (QED) is 0.883. The Labute approximate surface area is 144 Å². The molecule has 4 nitrogen and oxygen atoms in total. The minimum absolute atomic E-state index is 0.185. The number of benzene rings is 1. The van der Waals surface area contributed by atoms with Crippen molar-refractivity contribution in [2.45, 2.75) is 37.4 Å². The predicted octanol–water partition coefficient (Wildman–Crippen LogP) is 3.88. The standard InChI is InChI=1S/C17H16Cl2N2O2/c18-11-3-1-2-10(16(11)19)14-6-7-15(23-14)17(22)21-13-8-9-4-5-12(13)20-9/h1-3,6-7,9,12-13,20H,4-5,8H2,(H,21,22). The number of fused-ring (bicyclic) bond motifs is 2. The molecule has 0 saturated carbocycles. The first-order valence-corrected chi connectivity index (χ1v) is 8.48. The van der Waals surface area contributed by atoms with E-state index < -0.39 is 0 Å². The van der Waals surface area contributed by atoms with E-state index in [1.807, 2.05) is 6.07 Å². The van der Waals surface area contributed by atoms with Crippen molar-refractivity contribution in [3.05, 3.63) is 46.1 Å². The summed E-state index contributed by atoms with van der Waals surface area (Å²) in [5, 5.41) is 7.45. The van der Waals surface area contributed by atoms with Crippen molar-refractivity contribution in [3.63, 3.8) is 0 Å². The van der Waals surface area contributed by atoms with Crippen LogP contribution in [0, 0.1) is 0 Å². The fraction of sp³-hybridized carbons (Fsp3) is 0.353. The number of hydrogen-bond acceptors (Lipinski definition) is 3. The highest BCUT2D eigenvalue weighted by atomic mass is 35.5. The first-order valence-electron chi connectivity index (χ1n) is 7.73. The molecule has 3 atom stereocenters. The van der Waals surface area contributed by atoms with E-state index >= 15 is 0 Å². The molecule has 0 spiro atoms. The van der Waals surface area contributed by atoms with Crippen molar-refractivity contribution in [3.8, 4) is 11.3 Å². The summed E-state index contributed by atoms with van der Waals surface area (Å²) in [6.07, 6.45) is 3.32. The lowest BCUT2D eigenvalue weighted by Gasteiger charge is -2.20. The molecule has 0 radical (unpaired) electrons. The Morgan fingerprint density at radius 1 is 1.22 bits per heavy atom. The van der Waals surface area contributed by atoms with E-state index in [2.05, 4.69) is 10.6 Å². The highest BCUT2D eigenvalue weighted by Gasteiger charge is 2.39. The zero-order valence-electron chi connectivity index (χ0n) is 12.3. The van der Waals surface area contributed by atoms with Crippen LogP contribution < -0.4 is 10.6 Å². The maximum atomic E-state index is 12.4. The van der Waals surface area contributed by atoms with Crippen LogP contribution in [0.2, 0.25) is 10.0 Å². The van der Waals surface area contributed by atoms with Crippen LogP contribution in [-0.2, 0) is 0 Å². The third-order valence-electron chi connectivity index (χ3n) is 4.66. The van der Waals surface area contributed by atoms with Crippen LogP contribution in [-0.4, -0.2) is 24.0 Å². The zero-order chi connectivity index (χ0) is 16.0. The lowest BCUT2D eigenvalue weighted by Crippen LogP contribution is -2.42. The molecule has 1 amide bonds. The van der Waals surface area contributed by atoms with Crippen LogP contribution in [0.4, 0.5) is 0 Å². The van der Waals surface area contributed by atoms with Crippen LogP contribution in [0.5, 0.6) is 0 Å². The van der Waals surface area contributed by atoms with Gasteiger partial charge in [0.05, 0.1) is 10.0 Å². The fourth-order valence-corrected chi connectivity index (χ4v) is 3.92. The van der Waals surface area contributed by atoms with Gasteiger partial charge in [-0.3, -0.25) is 4.79 Å². The van der Waals surface area contributed by atoms with Crippen LogP contribution in [0.1, 0.15) is 29.8 Å². The van der Waals surface area contributed by atoms with Gasteiger partial charge in [0.1, 0.15) is 5.76 Å². The minimum Gasteiger partial charge on any atom is -0.451 e. The second-order valence-electron chi connectivity index (χ2n) is 6.13. The van der Waals surface area contributed by atoms with E-state index in [0.29, 0.717) is 39.2 Å². The van der Waals surface area contributed by atoms with Crippen LogP contribution in [0.15, 0.2) is 34.7 Å². The summed E-state index contributed by atoms with van der Waals surface area (Å²) in [4.78, 5) is 12.4. The smallest absolute Gasteiger partial charge is 0.287 e. The number of carbonyl (C=O) groups excluding carboxylic acids is 1. The van der Waals surface area contributed by atoms with Crippen molar-refractivity contribution in [1.82, 2.24) is 10.6 Å². The second-order valence-corrected chi connectivity index (χ2v) is 6.91. The number of hydrogen-bond donors (Lipinski definition) is 2. The molecular formula is C17H16Cl2N2O2. The molecule has 2 aliphatic heterocycles. The van der Waals surface area contributed by atoms with Crippen LogP contribution in [0.3, 0.4) is 0 Å². The normalized spacial score (nSPS) is 25.7. The third-order valence-corrected chi connectivity index (χ3v) is 5.48. The van der Waals surface area contributed by atoms with E-state index in [1.165, 1.54) is 6.42 Å². The molecule has 1 aromatic heterocycles. The number of furan rings is 1. The summed E-state index contributed by atoms with van der Waals surface area (Å²) >= 11 is 12.2. The summed E-state index contributed by atoms with van der Waals surface area (Å²) in [6, 6.07) is 9.86. The van der Waals surface area contributed by atoms with Gasteiger partial charge in [-0.2, -0.15) is 0 Å². The largest absolute Gasteiger partial charge is 0.451 e. The summed E-state index contributed by atoms with van der Waals surface area (Å²) in [6.45, 7) is 0. The van der Waals surface area contributed by atoms with E-state index in [-0.39, 0.29) is 11.9 Å². The molecule has 3 heterocycles. The summed E-state index contributed by atoms with van der Waals surface area (Å²) < 4.78 is 5.68. The second kappa shape index (κ2) is 5.86. The Kier molecular flexibility index (Phi) is 3.84. The molecule has 3 unspecified atom stereocenters. The van der Waals surface area contributed by atoms with Gasteiger partial charge in [-0.15, -0.1) is 0 Å². The number of nitrogens with one attached hydrogen (secondary N) is 2. The van der Waals surface area contributed by atoms with Crippen molar-refractivity contribution in [1.29, 1.82) is 0 Å². The molecule has 23 heavy (non-hydrogen) atoms. The molecule has 120 valence electrons. The maximum absolute atomic E-state index is 12.4. The van der Waals surface area contributed by atoms with Gasteiger partial charge in [0.25, 0.3) is 5.91 Å². The van der Waals surface area contributed by atoms with Gasteiger partial charge in [-0.1, -0.05) is 29.3 Å². The average molecular weight is 351 g/mol. The number of halogens is 2. The highest BCUT2D eigenvalue weighted by molar-refractivity contribution is 6.43. The molecule has 0 aliphatic carbocycles. The Balaban J connectivity index is 1.51. The lowest BCUT2D eigenvalue weighted by molar-refractivity contribution is 0.0903. The zero-order valence-corrected chi connectivity index (χ0v) is 13.8. The molecule has 2 aliphatic rings. The Morgan fingerprint density at radius 2 is 2.09 bits per heavy atom. The molecule has 2 aromatic rings. The molecule has 2 fully saturated rings. The van der Waals surface area contributed by atoms with Gasteiger partial charge in [0, 0.05) is 23.7 Å². The fourth-order valence-electron chi connectivity index (χ4n) is 3.52. The van der Waals surface area contributed by atoms with E-state index in [0.717, 1.165) is 12.8 Å². The first-order chi connectivity index (χ1) is 11.1. The molecular weight excluding hydrogens is 335 g/mol. The predicted molar refractivity (Wildman–Crippen MR) is 90.0 cm³/mol. The number of carbonyl (C=O) groups is 1. The van der Waals surface area contributed by atoms with E-state index in [1.54, 1.807) is 24.3 Å². The average Bonchev–Trinajstić information content (AvgIpc) is 3.25. The van der Waals surface area contributed by atoms with Gasteiger partial charge in [0.2, 0.25) is 0 Å². The molecule has 2 saturated heterocycles. The van der Waals surface area contributed by atoms with Gasteiger partial charge in [0.15, 0.2) is 5.76 Å². The Morgan fingerprint density at radius 3 is 2.83 bits per heavy atom. The Hall–Kier alpha value is -1.49. The van der Waals surface area contributed by atoms with Crippen LogP contribution in [0.25, 0.3) is 11.3 Å². The third kappa shape index (κ3) is 2.75. The van der Waals surface area contributed by atoms with Gasteiger partial charge < -0.3 is 15.1 Å². The summed E-state index contributed by atoms with van der Waals surface area (Å²) in [5.74, 6) is 0.640. The lowest BCUT2D eigenvalue weighted by atomic mass is 9.95. The number of amides is 1. The van der Waals surface area contributed by atoms with Gasteiger partial charge in [-0.25, -0.2) is 0 Å². The molecule has 1 aromatic carbocycles. The van der Waals surface area contributed by atoms with Crippen molar-refractivity contribution in [2.24, 2.45) is 0 Å². The summed E-state index contributed by atoms with van der Waals surface area (Å²) in [7, 11) is 0. The molecule has 6 heteroatoms. The summed E-state index contributed by atoms with van der Waals surface area (Å²) in [5.41, 5.74) is 0.680. The van der Waals surface area contributed by atoms with Gasteiger partial charge >= 0.3 is 0 Å². The van der Waals surface area contributed by atoms with E-state index in [9.17, 15) is 4.79 Å². The monoisotopic (exact) mass is 350 g/mol. The van der Waals surface area contributed by atoms with Crippen LogP contribution >= 0.6 is 23.2 Å². The minimum atomic E-state index is -0.186. The topological polar surface area (TPSA) is 54.3 Å².